The van der Waals surface area contributed by atoms with Gasteiger partial charge in [0, 0.05) is 90.8 Å². The highest BCUT2D eigenvalue weighted by atomic mass is 19.1. The fourth-order valence-electron chi connectivity index (χ4n) is 7.34. The van der Waals surface area contributed by atoms with Crippen molar-refractivity contribution in [1.82, 2.24) is 30.1 Å². The summed E-state index contributed by atoms with van der Waals surface area (Å²) in [6.07, 6.45) is 11.7. The maximum Gasteiger partial charge on any atom is 0.316 e. The predicted molar refractivity (Wildman–Crippen MR) is 159 cm³/mol. The molecule has 0 amide bonds. The lowest BCUT2D eigenvalue weighted by atomic mass is 9.79. The van der Waals surface area contributed by atoms with Crippen LogP contribution in [0.3, 0.4) is 0 Å². The molecule has 1 aromatic carbocycles. The number of piperidine rings is 1. The van der Waals surface area contributed by atoms with E-state index in [0.717, 1.165) is 18.9 Å². The third kappa shape index (κ3) is 4.99. The number of fused-ring (bicyclic) bond motifs is 4. The zero-order valence-electron chi connectivity index (χ0n) is 24.8. The molecule has 1 aliphatic carbocycles. The molecule has 11 heteroatoms. The number of hydrogen-bond donors (Lipinski definition) is 2. The summed E-state index contributed by atoms with van der Waals surface area (Å²) in [5, 5.41) is 16.4. The van der Waals surface area contributed by atoms with E-state index in [2.05, 4.69) is 36.0 Å². The molecule has 4 aliphatic rings. The molecule has 3 fully saturated rings. The summed E-state index contributed by atoms with van der Waals surface area (Å²) in [5.41, 5.74) is -0.808. The van der Waals surface area contributed by atoms with Gasteiger partial charge in [-0.15, -0.1) is 6.42 Å². The second-order valence-electron chi connectivity index (χ2n) is 13.1. The lowest BCUT2D eigenvalue weighted by Gasteiger charge is -2.41. The normalized spacial score (nSPS) is 30.2. The Morgan fingerprint density at radius 2 is 1.89 bits per heavy atom. The van der Waals surface area contributed by atoms with Crippen molar-refractivity contribution >= 4 is 16.6 Å². The molecule has 3 aliphatic heterocycles. The molecule has 0 radical (unpaired) electrons. The first-order chi connectivity index (χ1) is 21.0. The van der Waals surface area contributed by atoms with Crippen molar-refractivity contribution in [1.29, 1.82) is 0 Å². The van der Waals surface area contributed by atoms with Crippen molar-refractivity contribution in [3.8, 4) is 18.4 Å². The molecule has 8 nitrogen and oxygen atoms in total. The van der Waals surface area contributed by atoms with Crippen LogP contribution in [0.4, 0.5) is 13.2 Å². The summed E-state index contributed by atoms with van der Waals surface area (Å²) in [6, 6.07) is 2.97. The van der Waals surface area contributed by atoms with Gasteiger partial charge in [0.1, 0.15) is 30.0 Å². The molecule has 0 spiro atoms. The Balaban J connectivity index is 1.25. The van der Waals surface area contributed by atoms with Crippen LogP contribution in [0.15, 0.2) is 30.6 Å². The number of likely N-dealkylation sites (tertiary alicyclic amines) is 2. The summed E-state index contributed by atoms with van der Waals surface area (Å²) >= 11 is 0. The van der Waals surface area contributed by atoms with Crippen LogP contribution in [-0.2, 0) is 12.0 Å². The number of aromatic nitrogens is 3. The van der Waals surface area contributed by atoms with E-state index in [4.69, 9.17) is 11.2 Å². The van der Waals surface area contributed by atoms with E-state index in [1.165, 1.54) is 0 Å². The Labute approximate surface area is 254 Å². The van der Waals surface area contributed by atoms with Crippen LogP contribution in [0.2, 0.25) is 0 Å². The minimum atomic E-state index is -1.74. The maximum atomic E-state index is 15.5. The number of terminal acetylenes is 1. The quantitative estimate of drug-likeness (QED) is 0.428. The SMILES string of the molecule is C#Cc1c(F)cc(F)c2c1C(N1C[C@H]3CC[C@@H](C1)N3)=CC(O)(c1cc3nc(OC[C@@]4(C)CN(C)CC[C@H]4F)ncc3cn1)C2. The number of nitrogens with one attached hydrogen (secondary N) is 1. The fourth-order valence-corrected chi connectivity index (χ4v) is 7.34. The standard InChI is InChI=1S/C33H35F3N6O2/c1-4-22-24(34)9-25(35)23-11-33(43,12-27(30(22)23)42-15-20-5-6-21(16-42)39-20)29-10-26-19(13-37-29)14-38-31(40-26)44-18-32(2)17-41(3)8-7-28(32)36/h1,9-10,12-14,20-21,28,39,43H,5-8,11,15-18H2,2-3H3/t20-,21+,28-,32-,33?/m1/s1. The zero-order valence-corrected chi connectivity index (χ0v) is 24.8. The second kappa shape index (κ2) is 10.7. The van der Waals surface area contributed by atoms with Gasteiger partial charge in [-0.1, -0.05) is 12.8 Å². The number of piperazine rings is 1. The van der Waals surface area contributed by atoms with E-state index in [-0.39, 0.29) is 47.9 Å². The first kappa shape index (κ1) is 29.0. The predicted octanol–water partition coefficient (Wildman–Crippen LogP) is 3.56. The van der Waals surface area contributed by atoms with Crippen molar-refractivity contribution in [2.45, 2.75) is 56.5 Å². The Bertz CT molecular complexity index is 1700. The molecule has 3 aromatic rings. The first-order valence-corrected chi connectivity index (χ1v) is 15.1. The van der Waals surface area contributed by atoms with Gasteiger partial charge in [0.25, 0.3) is 0 Å². The van der Waals surface area contributed by atoms with E-state index in [1.54, 1.807) is 24.5 Å². The highest BCUT2D eigenvalue weighted by Crippen LogP contribution is 2.43. The highest BCUT2D eigenvalue weighted by molar-refractivity contribution is 5.79. The molecular weight excluding hydrogens is 569 g/mol. The van der Waals surface area contributed by atoms with Gasteiger partial charge in [-0.05, 0) is 38.5 Å². The minimum Gasteiger partial charge on any atom is -0.463 e. The summed E-state index contributed by atoms with van der Waals surface area (Å²) in [6.45, 7) is 4.45. The third-order valence-electron chi connectivity index (χ3n) is 9.68. The summed E-state index contributed by atoms with van der Waals surface area (Å²) < 4.78 is 51.2. The Kier molecular flexibility index (Phi) is 7.07. The van der Waals surface area contributed by atoms with E-state index < -0.39 is 28.8 Å². The van der Waals surface area contributed by atoms with E-state index in [0.29, 0.717) is 54.8 Å². The number of halogens is 3. The monoisotopic (exact) mass is 604 g/mol. The molecule has 2 bridgehead atoms. The van der Waals surface area contributed by atoms with Gasteiger partial charge < -0.3 is 25.0 Å². The van der Waals surface area contributed by atoms with Gasteiger partial charge in [-0.3, -0.25) is 4.98 Å². The Hall–Kier alpha value is -3.72. The van der Waals surface area contributed by atoms with Crippen molar-refractivity contribution in [3.05, 3.63) is 64.6 Å². The van der Waals surface area contributed by atoms with Crippen molar-refractivity contribution in [2.75, 3.05) is 39.8 Å². The number of nitrogens with zero attached hydrogens (tertiary/aromatic N) is 5. The highest BCUT2D eigenvalue weighted by Gasteiger charge is 2.43. The fraction of sp³-hybridized carbons (Fsp3) is 0.485. The lowest BCUT2D eigenvalue weighted by molar-refractivity contribution is -0.00846. The van der Waals surface area contributed by atoms with Crippen molar-refractivity contribution in [3.63, 3.8) is 0 Å². The number of ether oxygens (including phenoxy) is 1. The van der Waals surface area contributed by atoms with Crippen LogP contribution < -0.4 is 10.1 Å². The van der Waals surface area contributed by atoms with Crippen LogP contribution in [0, 0.1) is 29.4 Å². The second-order valence-corrected chi connectivity index (χ2v) is 13.1. The Morgan fingerprint density at radius 1 is 1.14 bits per heavy atom. The number of aliphatic hydroxyl groups is 1. The van der Waals surface area contributed by atoms with Crippen LogP contribution >= 0.6 is 0 Å². The smallest absolute Gasteiger partial charge is 0.316 e. The van der Waals surface area contributed by atoms with E-state index in [1.807, 2.05) is 14.0 Å². The number of alkyl halides is 1. The molecule has 2 N–H and O–H groups in total. The van der Waals surface area contributed by atoms with Gasteiger partial charge in [-0.2, -0.15) is 4.98 Å². The van der Waals surface area contributed by atoms with E-state index in [9.17, 15) is 13.9 Å². The van der Waals surface area contributed by atoms with Gasteiger partial charge in [0.15, 0.2) is 0 Å². The topological polar surface area (TPSA) is 86.6 Å². The summed E-state index contributed by atoms with van der Waals surface area (Å²) in [7, 11) is 1.96. The van der Waals surface area contributed by atoms with E-state index >= 15 is 4.39 Å². The molecule has 2 aromatic heterocycles. The van der Waals surface area contributed by atoms with Gasteiger partial charge in [0.2, 0.25) is 0 Å². The molecule has 44 heavy (non-hydrogen) atoms. The summed E-state index contributed by atoms with van der Waals surface area (Å²) in [4.78, 5) is 17.5. The van der Waals surface area contributed by atoms with Crippen LogP contribution in [0.25, 0.3) is 16.6 Å². The molecule has 3 saturated heterocycles. The van der Waals surface area contributed by atoms with Crippen LogP contribution in [0.1, 0.15) is 48.6 Å². The van der Waals surface area contributed by atoms with Gasteiger partial charge in [0.05, 0.1) is 16.8 Å². The number of pyridine rings is 1. The molecule has 1 unspecified atom stereocenters. The third-order valence-corrected chi connectivity index (χ3v) is 9.68. The minimum absolute atomic E-state index is 0.0186. The number of benzene rings is 1. The number of rotatable bonds is 5. The molecule has 5 heterocycles. The average Bonchev–Trinajstić information content (AvgIpc) is 3.35. The zero-order chi connectivity index (χ0) is 30.8. The number of hydrogen-bond acceptors (Lipinski definition) is 8. The first-order valence-electron chi connectivity index (χ1n) is 15.1. The molecule has 230 valence electrons. The Morgan fingerprint density at radius 3 is 2.64 bits per heavy atom. The lowest BCUT2D eigenvalue weighted by Crippen LogP contribution is -2.51. The molecular formula is C33H35F3N6O2. The van der Waals surface area contributed by atoms with Gasteiger partial charge in [-0.25, -0.2) is 18.2 Å². The van der Waals surface area contributed by atoms with Crippen LogP contribution in [0.5, 0.6) is 6.01 Å². The largest absolute Gasteiger partial charge is 0.463 e. The maximum absolute atomic E-state index is 15.5. The van der Waals surface area contributed by atoms with Gasteiger partial charge >= 0.3 is 6.01 Å². The molecule has 7 rings (SSSR count). The summed E-state index contributed by atoms with van der Waals surface area (Å²) in [5.74, 6) is 0.840. The average molecular weight is 605 g/mol. The van der Waals surface area contributed by atoms with Crippen molar-refractivity contribution in [2.24, 2.45) is 5.41 Å². The molecule has 0 saturated carbocycles. The molecule has 5 atom stereocenters. The van der Waals surface area contributed by atoms with Crippen LogP contribution in [-0.4, -0.2) is 87.9 Å². The van der Waals surface area contributed by atoms with Crippen molar-refractivity contribution < 1.29 is 23.0 Å².